The third kappa shape index (κ3) is 4.96. The van der Waals surface area contributed by atoms with Crippen LogP contribution in [-0.4, -0.2) is 29.2 Å². The van der Waals surface area contributed by atoms with Gasteiger partial charge in [-0.3, -0.25) is 4.90 Å². The highest BCUT2D eigenvalue weighted by Gasteiger charge is 2.33. The fourth-order valence-electron chi connectivity index (χ4n) is 2.25. The number of hydrogen-bond acceptors (Lipinski definition) is 4. The van der Waals surface area contributed by atoms with Crippen molar-refractivity contribution in [3.8, 4) is 0 Å². The maximum Gasteiger partial charge on any atom is 0.151 e. The Bertz CT molecular complexity index is 408. The molecule has 2 atom stereocenters. The van der Waals surface area contributed by atoms with E-state index in [4.69, 9.17) is 4.52 Å². The van der Waals surface area contributed by atoms with Gasteiger partial charge in [-0.05, 0) is 46.1 Å². The van der Waals surface area contributed by atoms with Crippen LogP contribution in [0.4, 0.5) is 0 Å². The molecule has 19 heavy (non-hydrogen) atoms. The molecule has 0 aliphatic heterocycles. The van der Waals surface area contributed by atoms with Crippen LogP contribution in [0.15, 0.2) is 10.6 Å². The lowest BCUT2D eigenvalue weighted by molar-refractivity contribution is 0.260. The molecule has 4 nitrogen and oxygen atoms in total. The van der Waals surface area contributed by atoms with Crippen LogP contribution in [0.2, 0.25) is 0 Å². The molecule has 0 aromatic carbocycles. The summed E-state index contributed by atoms with van der Waals surface area (Å²) in [6.07, 6.45) is 1.38. The van der Waals surface area contributed by atoms with Crippen molar-refractivity contribution in [3.05, 3.63) is 17.5 Å². The van der Waals surface area contributed by atoms with Crippen molar-refractivity contribution in [2.45, 2.75) is 52.7 Å². The molecule has 2 unspecified atom stereocenters. The summed E-state index contributed by atoms with van der Waals surface area (Å²) in [5.74, 6) is 2.75. The molecule has 1 heterocycles. The zero-order valence-electron chi connectivity index (χ0n) is 12.9. The van der Waals surface area contributed by atoms with E-state index < -0.39 is 0 Å². The molecule has 4 heteroatoms. The van der Waals surface area contributed by atoms with Crippen molar-refractivity contribution in [3.63, 3.8) is 0 Å². The molecule has 0 amide bonds. The van der Waals surface area contributed by atoms with E-state index in [9.17, 15) is 0 Å². The molecule has 1 fully saturated rings. The number of nitrogens with zero attached hydrogens (tertiary/aromatic N) is 2. The van der Waals surface area contributed by atoms with Crippen molar-refractivity contribution in [1.82, 2.24) is 15.4 Å². The van der Waals surface area contributed by atoms with Gasteiger partial charge in [0.1, 0.15) is 0 Å². The molecule has 0 spiro atoms. The number of rotatable bonds is 6. The summed E-state index contributed by atoms with van der Waals surface area (Å²) in [5, 5.41) is 7.53. The highest BCUT2D eigenvalue weighted by Crippen LogP contribution is 2.38. The van der Waals surface area contributed by atoms with Gasteiger partial charge in [0.05, 0.1) is 12.2 Å². The summed E-state index contributed by atoms with van der Waals surface area (Å²) in [5.41, 5.74) is 1.09. The predicted molar refractivity (Wildman–Crippen MR) is 76.7 cm³/mol. The van der Waals surface area contributed by atoms with Gasteiger partial charge in [0, 0.05) is 24.7 Å². The molecule has 1 aliphatic carbocycles. The van der Waals surface area contributed by atoms with Crippen molar-refractivity contribution < 1.29 is 4.52 Å². The minimum absolute atomic E-state index is 0.109. The third-order valence-electron chi connectivity index (χ3n) is 3.66. The number of nitrogens with one attached hydrogen (secondary N) is 1. The molecule has 1 N–H and O–H groups in total. The van der Waals surface area contributed by atoms with Crippen LogP contribution in [0.25, 0.3) is 0 Å². The van der Waals surface area contributed by atoms with Crippen LogP contribution >= 0.6 is 0 Å². The average molecular weight is 265 g/mol. The molecule has 1 aliphatic rings. The summed E-state index contributed by atoms with van der Waals surface area (Å²) in [7, 11) is 2.15. The Morgan fingerprint density at radius 3 is 2.74 bits per heavy atom. The molecular formula is C15H27N3O. The van der Waals surface area contributed by atoms with Crippen LogP contribution in [0.3, 0.4) is 0 Å². The predicted octanol–water partition coefficient (Wildman–Crippen LogP) is 2.65. The van der Waals surface area contributed by atoms with E-state index in [-0.39, 0.29) is 5.54 Å². The fraction of sp³-hybridized carbons (Fsp3) is 0.800. The van der Waals surface area contributed by atoms with E-state index in [1.807, 2.05) is 0 Å². The van der Waals surface area contributed by atoms with Gasteiger partial charge in [0.25, 0.3) is 0 Å². The molecule has 0 saturated heterocycles. The molecular weight excluding hydrogens is 238 g/mol. The Morgan fingerprint density at radius 1 is 1.47 bits per heavy atom. The lowest BCUT2D eigenvalue weighted by atomic mass is 10.1. The van der Waals surface area contributed by atoms with E-state index in [2.05, 4.69) is 56.2 Å². The quantitative estimate of drug-likeness (QED) is 0.858. The summed E-state index contributed by atoms with van der Waals surface area (Å²) in [6, 6.07) is 2.06. The molecule has 0 bridgehead atoms. The second kappa shape index (κ2) is 5.63. The Kier molecular flexibility index (Phi) is 4.31. The van der Waals surface area contributed by atoms with Gasteiger partial charge < -0.3 is 9.84 Å². The monoisotopic (exact) mass is 265 g/mol. The molecule has 1 aromatic rings. The maximum atomic E-state index is 5.40. The molecule has 0 radical (unpaired) electrons. The van der Waals surface area contributed by atoms with Crippen molar-refractivity contribution in [2.75, 3.05) is 13.6 Å². The van der Waals surface area contributed by atoms with E-state index in [0.29, 0.717) is 0 Å². The van der Waals surface area contributed by atoms with E-state index in [1.165, 1.54) is 6.42 Å². The average Bonchev–Trinajstić information content (AvgIpc) is 2.79. The lowest BCUT2D eigenvalue weighted by Crippen LogP contribution is -2.35. The molecule has 108 valence electrons. The summed E-state index contributed by atoms with van der Waals surface area (Å²) < 4.78 is 5.40. The highest BCUT2D eigenvalue weighted by molar-refractivity contribution is 5.05. The summed E-state index contributed by atoms with van der Waals surface area (Å²) in [4.78, 5) is 2.33. The maximum absolute atomic E-state index is 5.40. The van der Waals surface area contributed by atoms with Crippen LogP contribution in [0.1, 0.15) is 45.6 Å². The number of hydrogen-bond donors (Lipinski definition) is 1. The van der Waals surface area contributed by atoms with E-state index >= 15 is 0 Å². The highest BCUT2D eigenvalue weighted by atomic mass is 16.5. The lowest BCUT2D eigenvalue weighted by Gasteiger charge is -2.19. The van der Waals surface area contributed by atoms with Crippen molar-refractivity contribution in [1.29, 1.82) is 0 Å². The first-order chi connectivity index (χ1) is 8.83. The first-order valence-electron chi connectivity index (χ1n) is 7.21. The first kappa shape index (κ1) is 14.5. The summed E-state index contributed by atoms with van der Waals surface area (Å²) >= 11 is 0. The van der Waals surface area contributed by atoms with Crippen LogP contribution in [0.5, 0.6) is 0 Å². The van der Waals surface area contributed by atoms with Crippen LogP contribution in [-0.2, 0) is 13.1 Å². The van der Waals surface area contributed by atoms with Gasteiger partial charge in [0.2, 0.25) is 0 Å². The second-order valence-electron chi connectivity index (χ2n) is 7.06. The second-order valence-corrected chi connectivity index (χ2v) is 7.06. The van der Waals surface area contributed by atoms with Gasteiger partial charge in [0.15, 0.2) is 5.76 Å². The van der Waals surface area contributed by atoms with Gasteiger partial charge in [-0.2, -0.15) is 0 Å². The number of aromatic nitrogens is 1. The van der Waals surface area contributed by atoms with Crippen LogP contribution < -0.4 is 5.32 Å². The van der Waals surface area contributed by atoms with Crippen molar-refractivity contribution in [2.24, 2.45) is 11.8 Å². The van der Waals surface area contributed by atoms with Gasteiger partial charge in [-0.15, -0.1) is 0 Å². The topological polar surface area (TPSA) is 41.3 Å². The Labute approximate surface area is 116 Å². The van der Waals surface area contributed by atoms with Gasteiger partial charge in [-0.25, -0.2) is 0 Å². The Morgan fingerprint density at radius 2 is 2.16 bits per heavy atom. The molecule has 1 aromatic heterocycles. The smallest absolute Gasteiger partial charge is 0.151 e. The zero-order chi connectivity index (χ0) is 14.0. The largest absolute Gasteiger partial charge is 0.360 e. The van der Waals surface area contributed by atoms with E-state index in [0.717, 1.165) is 42.9 Å². The first-order valence-corrected chi connectivity index (χ1v) is 7.21. The minimum Gasteiger partial charge on any atom is -0.360 e. The van der Waals surface area contributed by atoms with Crippen molar-refractivity contribution >= 4 is 0 Å². The fourth-order valence-corrected chi connectivity index (χ4v) is 2.25. The Hall–Kier alpha value is -0.870. The Balaban J connectivity index is 1.76. The normalized spacial score (nSPS) is 23.1. The van der Waals surface area contributed by atoms with Gasteiger partial charge in [-0.1, -0.05) is 12.1 Å². The summed E-state index contributed by atoms with van der Waals surface area (Å²) in [6.45, 7) is 11.6. The SMILES string of the molecule is CC1CC1CN(C)Cc1cc(CNC(C)(C)C)no1. The minimum atomic E-state index is 0.109. The molecule has 2 rings (SSSR count). The standard InChI is InChI=1S/C15H27N3O/c1-11-6-12(11)9-18(5)10-14-7-13(17-19-14)8-16-15(2,3)4/h7,11-12,16H,6,8-10H2,1-5H3. The van der Waals surface area contributed by atoms with E-state index in [1.54, 1.807) is 0 Å². The van der Waals surface area contributed by atoms with Crippen LogP contribution in [0, 0.1) is 11.8 Å². The molecule has 1 saturated carbocycles. The van der Waals surface area contributed by atoms with Gasteiger partial charge >= 0.3 is 0 Å². The third-order valence-corrected chi connectivity index (χ3v) is 3.66. The zero-order valence-corrected chi connectivity index (χ0v) is 12.9.